The van der Waals surface area contributed by atoms with E-state index in [0.29, 0.717) is 0 Å². The molecular weight excluding hydrogens is 134 g/mol. The molecule has 0 aliphatic carbocycles. The smallest absolute Gasteiger partial charge is 0.0266 e. The Morgan fingerprint density at radius 1 is 1.55 bits per heavy atom. The van der Waals surface area contributed by atoms with Crippen molar-refractivity contribution in [2.45, 2.75) is 13.0 Å². The maximum atomic E-state index is 5.67. The maximum absolute atomic E-state index is 5.67. The van der Waals surface area contributed by atoms with Crippen LogP contribution in [-0.2, 0) is 0 Å². The van der Waals surface area contributed by atoms with Crippen molar-refractivity contribution in [1.29, 1.82) is 0 Å². The van der Waals surface area contributed by atoms with Crippen molar-refractivity contribution in [3.63, 3.8) is 0 Å². The van der Waals surface area contributed by atoms with Crippen molar-refractivity contribution in [1.82, 2.24) is 0 Å². The molecule has 0 heterocycles. The zero-order valence-electron chi connectivity index (χ0n) is 6.54. The predicted octanol–water partition coefficient (Wildman–Crippen LogP) is 1.69. The van der Waals surface area contributed by atoms with Gasteiger partial charge in [-0.3, -0.25) is 0 Å². The third-order valence-corrected chi connectivity index (χ3v) is 1.58. The van der Waals surface area contributed by atoms with Crippen molar-refractivity contribution in [2.75, 3.05) is 0 Å². The van der Waals surface area contributed by atoms with E-state index in [9.17, 15) is 0 Å². The quantitative estimate of drug-likeness (QED) is 0.598. The fourth-order valence-electron chi connectivity index (χ4n) is 0.912. The molecule has 0 aromatic heterocycles. The van der Waals surface area contributed by atoms with Gasteiger partial charge in [-0.25, -0.2) is 0 Å². The molecule has 0 saturated carbocycles. The lowest BCUT2D eigenvalue weighted by molar-refractivity contribution is 0.818. The molecule has 2 N–H and O–H groups in total. The zero-order valence-corrected chi connectivity index (χ0v) is 6.54. The number of rotatable bonds is 1. The summed E-state index contributed by atoms with van der Waals surface area (Å²) >= 11 is 0. The third kappa shape index (κ3) is 1.83. The first-order valence-electron chi connectivity index (χ1n) is 3.56. The molecule has 1 heteroatoms. The minimum Gasteiger partial charge on any atom is -0.324 e. The second-order valence-corrected chi connectivity index (χ2v) is 2.56. The normalized spacial score (nSPS) is 12.1. The summed E-state index contributed by atoms with van der Waals surface area (Å²) in [6.45, 7) is 1.94. The summed E-state index contributed by atoms with van der Waals surface area (Å²) in [7, 11) is 0. The van der Waals surface area contributed by atoms with Gasteiger partial charge in [-0.15, -0.1) is 6.42 Å². The molecule has 0 bridgehead atoms. The summed E-state index contributed by atoms with van der Waals surface area (Å²) in [6, 6.07) is 7.79. The molecule has 0 saturated heterocycles. The molecular formula is C10H11N. The monoisotopic (exact) mass is 145 g/mol. The predicted molar refractivity (Wildman–Crippen MR) is 47.0 cm³/mol. The maximum Gasteiger partial charge on any atom is 0.0266 e. The molecule has 0 fully saturated rings. The fourth-order valence-corrected chi connectivity index (χ4v) is 0.912. The van der Waals surface area contributed by atoms with Gasteiger partial charge in [0.25, 0.3) is 0 Å². The minimum absolute atomic E-state index is 0.0586. The van der Waals surface area contributed by atoms with Gasteiger partial charge in [-0.1, -0.05) is 18.1 Å². The molecule has 1 rings (SSSR count). The van der Waals surface area contributed by atoms with Crippen molar-refractivity contribution in [3.8, 4) is 12.3 Å². The third-order valence-electron chi connectivity index (χ3n) is 1.58. The summed E-state index contributed by atoms with van der Waals surface area (Å²) in [6.07, 6.45) is 5.23. The van der Waals surface area contributed by atoms with Crippen molar-refractivity contribution in [2.24, 2.45) is 5.73 Å². The molecule has 0 unspecified atom stereocenters. The van der Waals surface area contributed by atoms with Crippen molar-refractivity contribution in [3.05, 3.63) is 35.4 Å². The van der Waals surface area contributed by atoms with E-state index in [1.165, 1.54) is 0 Å². The van der Waals surface area contributed by atoms with E-state index in [-0.39, 0.29) is 6.04 Å². The Morgan fingerprint density at radius 2 is 2.27 bits per heavy atom. The molecule has 56 valence electrons. The van der Waals surface area contributed by atoms with Crippen LogP contribution in [0.2, 0.25) is 0 Å². The van der Waals surface area contributed by atoms with E-state index in [2.05, 4.69) is 5.92 Å². The van der Waals surface area contributed by atoms with Crippen LogP contribution < -0.4 is 5.73 Å². The Kier molecular flexibility index (Phi) is 2.30. The Morgan fingerprint density at radius 3 is 2.82 bits per heavy atom. The summed E-state index contributed by atoms with van der Waals surface area (Å²) in [5.41, 5.74) is 7.64. The minimum atomic E-state index is 0.0586. The van der Waals surface area contributed by atoms with Gasteiger partial charge in [0.2, 0.25) is 0 Å². The number of hydrogen-bond donors (Lipinski definition) is 1. The Hall–Kier alpha value is -1.26. The van der Waals surface area contributed by atoms with Crippen LogP contribution in [0.25, 0.3) is 0 Å². The van der Waals surface area contributed by atoms with E-state index in [0.717, 1.165) is 11.1 Å². The molecule has 0 radical (unpaired) electrons. The topological polar surface area (TPSA) is 26.0 Å². The van der Waals surface area contributed by atoms with Crippen LogP contribution in [0.1, 0.15) is 24.1 Å². The summed E-state index contributed by atoms with van der Waals surface area (Å²) in [5, 5.41) is 0. The summed E-state index contributed by atoms with van der Waals surface area (Å²) in [5.74, 6) is 2.57. The van der Waals surface area contributed by atoms with Crippen LogP contribution >= 0.6 is 0 Å². The Labute approximate surface area is 67.2 Å². The van der Waals surface area contributed by atoms with Crippen LogP contribution in [-0.4, -0.2) is 0 Å². The highest BCUT2D eigenvalue weighted by Crippen LogP contribution is 2.10. The lowest BCUT2D eigenvalue weighted by atomic mass is 10.1. The van der Waals surface area contributed by atoms with E-state index in [1.54, 1.807) is 0 Å². The van der Waals surface area contributed by atoms with E-state index in [1.807, 2.05) is 31.2 Å². The average molecular weight is 145 g/mol. The highest BCUT2D eigenvalue weighted by molar-refractivity contribution is 5.36. The molecule has 1 atom stereocenters. The SMILES string of the molecule is C#Cc1cccc([C@@H](C)N)c1. The first kappa shape index (κ1) is 7.84. The number of nitrogens with two attached hydrogens (primary N) is 1. The molecule has 11 heavy (non-hydrogen) atoms. The van der Waals surface area contributed by atoms with Crippen LogP contribution in [0.4, 0.5) is 0 Å². The van der Waals surface area contributed by atoms with Crippen molar-refractivity contribution < 1.29 is 0 Å². The van der Waals surface area contributed by atoms with Gasteiger partial charge < -0.3 is 5.73 Å². The molecule has 1 aromatic carbocycles. The van der Waals surface area contributed by atoms with Gasteiger partial charge >= 0.3 is 0 Å². The molecule has 0 spiro atoms. The lowest BCUT2D eigenvalue weighted by Crippen LogP contribution is -2.04. The van der Waals surface area contributed by atoms with Crippen LogP contribution in [0.5, 0.6) is 0 Å². The molecule has 0 amide bonds. The van der Waals surface area contributed by atoms with E-state index < -0.39 is 0 Å². The van der Waals surface area contributed by atoms with Gasteiger partial charge in [-0.2, -0.15) is 0 Å². The Balaban J connectivity index is 3.03. The van der Waals surface area contributed by atoms with Crippen LogP contribution in [0, 0.1) is 12.3 Å². The second kappa shape index (κ2) is 3.23. The van der Waals surface area contributed by atoms with Crippen molar-refractivity contribution >= 4 is 0 Å². The van der Waals surface area contributed by atoms with Gasteiger partial charge in [0.15, 0.2) is 0 Å². The largest absolute Gasteiger partial charge is 0.324 e. The lowest BCUT2D eigenvalue weighted by Gasteiger charge is -2.04. The number of hydrogen-bond acceptors (Lipinski definition) is 1. The fraction of sp³-hybridized carbons (Fsp3) is 0.200. The molecule has 0 aliphatic heterocycles. The molecule has 0 aliphatic rings. The van der Waals surface area contributed by atoms with Gasteiger partial charge in [0.05, 0.1) is 0 Å². The average Bonchev–Trinajstić information content (AvgIpc) is 2.05. The number of benzene rings is 1. The van der Waals surface area contributed by atoms with E-state index >= 15 is 0 Å². The molecule has 1 aromatic rings. The van der Waals surface area contributed by atoms with Crippen LogP contribution in [0.3, 0.4) is 0 Å². The highest BCUT2D eigenvalue weighted by atomic mass is 14.6. The standard InChI is InChI=1S/C10H11N/c1-3-9-5-4-6-10(7-9)8(2)11/h1,4-8H,11H2,2H3/t8-/m1/s1. The highest BCUT2D eigenvalue weighted by Gasteiger charge is 1.97. The van der Waals surface area contributed by atoms with Gasteiger partial charge in [0, 0.05) is 11.6 Å². The zero-order chi connectivity index (χ0) is 8.27. The first-order valence-corrected chi connectivity index (χ1v) is 3.56. The first-order chi connectivity index (χ1) is 5.24. The summed E-state index contributed by atoms with van der Waals surface area (Å²) < 4.78 is 0. The van der Waals surface area contributed by atoms with E-state index in [4.69, 9.17) is 12.2 Å². The second-order valence-electron chi connectivity index (χ2n) is 2.56. The van der Waals surface area contributed by atoms with Gasteiger partial charge in [-0.05, 0) is 24.6 Å². The molecule has 1 nitrogen and oxygen atoms in total. The Bertz CT molecular complexity index is 281. The van der Waals surface area contributed by atoms with Crippen LogP contribution in [0.15, 0.2) is 24.3 Å². The number of terminal acetylenes is 1. The van der Waals surface area contributed by atoms with Gasteiger partial charge in [0.1, 0.15) is 0 Å². The summed E-state index contributed by atoms with van der Waals surface area (Å²) in [4.78, 5) is 0.